The predicted molar refractivity (Wildman–Crippen MR) is 74.2 cm³/mol. The Labute approximate surface area is 117 Å². The molecule has 0 fully saturated rings. The van der Waals surface area contributed by atoms with Gasteiger partial charge in [-0.25, -0.2) is 0 Å². The fourth-order valence-corrected chi connectivity index (χ4v) is 2.12. The van der Waals surface area contributed by atoms with Gasteiger partial charge in [-0.1, -0.05) is 35.7 Å². The lowest BCUT2D eigenvalue weighted by molar-refractivity contribution is -0.142. The lowest BCUT2D eigenvalue weighted by Gasteiger charge is -2.12. The van der Waals surface area contributed by atoms with E-state index in [1.165, 1.54) is 0 Å². The number of hydrogen-bond acceptors (Lipinski definition) is 2. The molecule has 0 aliphatic heterocycles. The van der Waals surface area contributed by atoms with Crippen LogP contribution < -0.4 is 5.73 Å². The Morgan fingerprint density at radius 2 is 2.00 bits per heavy atom. The van der Waals surface area contributed by atoms with Crippen molar-refractivity contribution in [2.75, 3.05) is 6.54 Å². The average molecular weight is 290 g/mol. The second-order valence-corrected chi connectivity index (χ2v) is 5.09. The summed E-state index contributed by atoms with van der Waals surface area (Å²) in [5.41, 5.74) is 6.29. The van der Waals surface area contributed by atoms with E-state index in [1.807, 2.05) is 6.07 Å². The first-order chi connectivity index (χ1) is 8.54. The van der Waals surface area contributed by atoms with Gasteiger partial charge in [0.15, 0.2) is 0 Å². The van der Waals surface area contributed by atoms with Gasteiger partial charge < -0.3 is 10.8 Å². The number of carbonyl (C=O) groups is 1. The minimum atomic E-state index is -0.780. The van der Waals surface area contributed by atoms with Crippen molar-refractivity contribution in [3.63, 3.8) is 0 Å². The normalized spacial score (nSPS) is 12.4. The molecule has 0 radical (unpaired) electrons. The van der Waals surface area contributed by atoms with Crippen LogP contribution in [0.15, 0.2) is 18.2 Å². The predicted octanol–water partition coefficient (Wildman–Crippen LogP) is 3.37. The van der Waals surface area contributed by atoms with E-state index in [0.717, 1.165) is 18.4 Å². The van der Waals surface area contributed by atoms with Gasteiger partial charge in [-0.15, -0.1) is 0 Å². The third-order valence-corrected chi connectivity index (χ3v) is 3.56. The number of unbranched alkanes of at least 4 members (excludes halogenated alkanes) is 1. The maximum Gasteiger partial charge on any atom is 0.306 e. The molecule has 0 spiro atoms. The maximum absolute atomic E-state index is 11.2. The molecule has 5 heteroatoms. The first kappa shape index (κ1) is 15.3. The van der Waals surface area contributed by atoms with Crippen LogP contribution in [-0.2, 0) is 11.2 Å². The van der Waals surface area contributed by atoms with Gasteiger partial charge in [0.1, 0.15) is 0 Å². The van der Waals surface area contributed by atoms with Crippen molar-refractivity contribution < 1.29 is 9.90 Å². The van der Waals surface area contributed by atoms with Crippen LogP contribution in [0.5, 0.6) is 0 Å². The molecular formula is C13H17Cl2NO2. The van der Waals surface area contributed by atoms with Crippen molar-refractivity contribution >= 4 is 29.2 Å². The first-order valence-corrected chi connectivity index (χ1v) is 6.67. The van der Waals surface area contributed by atoms with Gasteiger partial charge in [0.05, 0.1) is 16.0 Å². The van der Waals surface area contributed by atoms with Gasteiger partial charge >= 0.3 is 5.97 Å². The SMILES string of the molecule is NCCCCC(Cc1ccc(Cl)c(Cl)c1)C(=O)O. The number of rotatable bonds is 7. The molecule has 0 heterocycles. The number of aliphatic carboxylic acids is 1. The molecule has 1 rings (SSSR count). The third kappa shape index (κ3) is 4.84. The van der Waals surface area contributed by atoms with E-state index in [4.69, 9.17) is 34.0 Å². The topological polar surface area (TPSA) is 63.3 Å². The van der Waals surface area contributed by atoms with Crippen molar-refractivity contribution in [1.29, 1.82) is 0 Å². The molecule has 0 aliphatic rings. The lowest BCUT2D eigenvalue weighted by Crippen LogP contribution is -2.17. The quantitative estimate of drug-likeness (QED) is 0.757. The summed E-state index contributed by atoms with van der Waals surface area (Å²) in [4.78, 5) is 11.2. The molecule has 0 amide bonds. The van der Waals surface area contributed by atoms with Gasteiger partial charge in [0, 0.05) is 0 Å². The number of hydrogen-bond donors (Lipinski definition) is 2. The number of benzene rings is 1. The van der Waals surface area contributed by atoms with Crippen LogP contribution in [0, 0.1) is 5.92 Å². The summed E-state index contributed by atoms with van der Waals surface area (Å²) >= 11 is 11.7. The van der Waals surface area contributed by atoms with Crippen molar-refractivity contribution in [2.45, 2.75) is 25.7 Å². The second-order valence-electron chi connectivity index (χ2n) is 4.27. The number of carboxylic acids is 1. The van der Waals surface area contributed by atoms with E-state index in [9.17, 15) is 4.79 Å². The fourth-order valence-electron chi connectivity index (χ4n) is 1.80. The van der Waals surface area contributed by atoms with E-state index >= 15 is 0 Å². The Morgan fingerprint density at radius 1 is 1.28 bits per heavy atom. The number of nitrogens with two attached hydrogens (primary N) is 1. The summed E-state index contributed by atoms with van der Waals surface area (Å²) in [5.74, 6) is -1.17. The highest BCUT2D eigenvalue weighted by Crippen LogP contribution is 2.25. The average Bonchev–Trinajstić information content (AvgIpc) is 2.32. The third-order valence-electron chi connectivity index (χ3n) is 2.82. The monoisotopic (exact) mass is 289 g/mol. The Hall–Kier alpha value is -0.770. The Kier molecular flexibility index (Phi) is 6.47. The first-order valence-electron chi connectivity index (χ1n) is 5.91. The number of halogens is 2. The summed E-state index contributed by atoms with van der Waals surface area (Å²) in [6, 6.07) is 5.23. The van der Waals surface area contributed by atoms with Crippen LogP contribution in [0.2, 0.25) is 10.0 Å². The molecule has 1 aromatic rings. The maximum atomic E-state index is 11.2. The second kappa shape index (κ2) is 7.62. The van der Waals surface area contributed by atoms with Crippen LogP contribution >= 0.6 is 23.2 Å². The van der Waals surface area contributed by atoms with Crippen LogP contribution in [0.4, 0.5) is 0 Å². The van der Waals surface area contributed by atoms with E-state index in [1.54, 1.807) is 12.1 Å². The molecule has 100 valence electrons. The van der Waals surface area contributed by atoms with E-state index < -0.39 is 11.9 Å². The van der Waals surface area contributed by atoms with Crippen LogP contribution in [0.25, 0.3) is 0 Å². The molecule has 0 saturated carbocycles. The van der Waals surface area contributed by atoms with Gasteiger partial charge in [-0.2, -0.15) is 0 Å². The van der Waals surface area contributed by atoms with Gasteiger partial charge in [0.2, 0.25) is 0 Å². The van der Waals surface area contributed by atoms with Crippen molar-refractivity contribution in [3.8, 4) is 0 Å². The van der Waals surface area contributed by atoms with Gasteiger partial charge in [-0.05, 0) is 43.5 Å². The zero-order valence-electron chi connectivity index (χ0n) is 10.0. The summed E-state index contributed by atoms with van der Waals surface area (Å²) < 4.78 is 0. The summed E-state index contributed by atoms with van der Waals surface area (Å²) in [5, 5.41) is 10.1. The molecular weight excluding hydrogens is 273 g/mol. The molecule has 3 nitrogen and oxygen atoms in total. The highest BCUT2D eigenvalue weighted by Gasteiger charge is 2.17. The van der Waals surface area contributed by atoms with Crippen molar-refractivity contribution in [1.82, 2.24) is 0 Å². The zero-order chi connectivity index (χ0) is 13.5. The molecule has 1 aromatic carbocycles. The molecule has 1 unspecified atom stereocenters. The molecule has 0 bridgehead atoms. The lowest BCUT2D eigenvalue weighted by atomic mass is 9.94. The summed E-state index contributed by atoms with van der Waals surface area (Å²) in [6.45, 7) is 0.596. The molecule has 3 N–H and O–H groups in total. The van der Waals surface area contributed by atoms with Crippen molar-refractivity contribution in [2.24, 2.45) is 11.7 Å². The largest absolute Gasteiger partial charge is 0.481 e. The minimum absolute atomic E-state index is 0.395. The summed E-state index contributed by atoms with van der Waals surface area (Å²) in [7, 11) is 0. The minimum Gasteiger partial charge on any atom is -0.481 e. The van der Waals surface area contributed by atoms with Crippen molar-refractivity contribution in [3.05, 3.63) is 33.8 Å². The highest BCUT2D eigenvalue weighted by molar-refractivity contribution is 6.42. The highest BCUT2D eigenvalue weighted by atomic mass is 35.5. The zero-order valence-corrected chi connectivity index (χ0v) is 11.5. The summed E-state index contributed by atoms with van der Waals surface area (Å²) in [6.07, 6.45) is 2.78. The standard InChI is InChI=1S/C13H17Cl2NO2/c14-11-5-4-9(8-12(11)15)7-10(13(17)18)3-1-2-6-16/h4-5,8,10H,1-3,6-7,16H2,(H,17,18). The van der Waals surface area contributed by atoms with E-state index in [0.29, 0.717) is 29.4 Å². The van der Waals surface area contributed by atoms with Gasteiger partial charge in [0.25, 0.3) is 0 Å². The molecule has 0 aromatic heterocycles. The Balaban J connectivity index is 2.64. The fraction of sp³-hybridized carbons (Fsp3) is 0.462. The number of carboxylic acid groups (broad SMARTS) is 1. The smallest absolute Gasteiger partial charge is 0.306 e. The molecule has 18 heavy (non-hydrogen) atoms. The molecule has 1 atom stereocenters. The molecule has 0 saturated heterocycles. The van der Waals surface area contributed by atoms with Gasteiger partial charge in [-0.3, -0.25) is 4.79 Å². The van der Waals surface area contributed by atoms with Crippen LogP contribution in [0.3, 0.4) is 0 Å². The van der Waals surface area contributed by atoms with Crippen LogP contribution in [-0.4, -0.2) is 17.6 Å². The molecule has 0 aliphatic carbocycles. The van der Waals surface area contributed by atoms with E-state index in [-0.39, 0.29) is 0 Å². The van der Waals surface area contributed by atoms with Crippen LogP contribution in [0.1, 0.15) is 24.8 Å². The Bertz CT molecular complexity index is 410. The van der Waals surface area contributed by atoms with E-state index in [2.05, 4.69) is 0 Å². The Morgan fingerprint density at radius 3 is 2.56 bits per heavy atom.